The van der Waals surface area contributed by atoms with E-state index in [0.29, 0.717) is 0 Å². The Bertz CT molecular complexity index is 564. The van der Waals surface area contributed by atoms with E-state index in [-0.39, 0.29) is 18.5 Å². The first-order valence-electron chi connectivity index (χ1n) is 6.75. The Kier molecular flexibility index (Phi) is 6.64. The molecule has 0 aliphatic carbocycles. The lowest BCUT2D eigenvalue weighted by Gasteiger charge is -2.16. The molecule has 0 unspecified atom stereocenters. The molecule has 0 aromatic heterocycles. The molecule has 0 saturated heterocycles. The number of rotatable bonds is 7. The summed E-state index contributed by atoms with van der Waals surface area (Å²) < 4.78 is 23.0. The van der Waals surface area contributed by atoms with Gasteiger partial charge in [-0.3, -0.25) is 4.57 Å². The highest BCUT2D eigenvalue weighted by molar-refractivity contribution is 7.59. The van der Waals surface area contributed by atoms with Gasteiger partial charge in [0.25, 0.3) is 0 Å². The molecule has 0 amide bonds. The molecule has 0 atom stereocenters. The van der Waals surface area contributed by atoms with E-state index >= 15 is 0 Å². The van der Waals surface area contributed by atoms with E-state index in [2.05, 4.69) is 0 Å². The van der Waals surface area contributed by atoms with Gasteiger partial charge in [-0.25, -0.2) is 0 Å². The summed E-state index contributed by atoms with van der Waals surface area (Å²) in [7, 11) is 0.360. The SMILES string of the molecule is CCOP(=O)(OCC)/C(C#N)=C/c1ccc(N(C)C)cc1. The highest BCUT2D eigenvalue weighted by Gasteiger charge is 2.29. The number of allylic oxidation sites excluding steroid dienone is 1. The Labute approximate surface area is 126 Å². The zero-order chi connectivity index (χ0) is 15.9. The molecule has 0 spiro atoms. The number of hydrogen-bond acceptors (Lipinski definition) is 5. The fraction of sp³-hybridized carbons (Fsp3) is 0.400. The van der Waals surface area contributed by atoms with Crippen LogP contribution in [0.15, 0.2) is 29.6 Å². The summed E-state index contributed by atoms with van der Waals surface area (Å²) in [6.07, 6.45) is 1.55. The summed E-state index contributed by atoms with van der Waals surface area (Å²) in [4.78, 5) is 1.98. The molecule has 0 aliphatic rings. The van der Waals surface area contributed by atoms with Gasteiger partial charge in [0.15, 0.2) is 0 Å². The number of hydrogen-bond donors (Lipinski definition) is 0. The predicted octanol–water partition coefficient (Wildman–Crippen LogP) is 3.88. The topological polar surface area (TPSA) is 62.6 Å². The van der Waals surface area contributed by atoms with Crippen molar-refractivity contribution in [2.75, 3.05) is 32.2 Å². The van der Waals surface area contributed by atoms with Crippen LogP contribution in [0.4, 0.5) is 5.69 Å². The lowest BCUT2D eigenvalue weighted by atomic mass is 10.2. The smallest absolute Gasteiger partial charge is 0.371 e. The zero-order valence-corrected chi connectivity index (χ0v) is 13.8. The summed E-state index contributed by atoms with van der Waals surface area (Å²) in [5.41, 5.74) is 1.82. The van der Waals surface area contributed by atoms with E-state index in [4.69, 9.17) is 9.05 Å². The first-order valence-corrected chi connectivity index (χ1v) is 8.30. The Hall–Kier alpha value is -1.60. The van der Waals surface area contributed by atoms with Crippen molar-refractivity contribution in [1.29, 1.82) is 5.26 Å². The van der Waals surface area contributed by atoms with Crippen LogP contribution < -0.4 is 4.90 Å². The number of nitriles is 1. The molecule has 0 radical (unpaired) electrons. The highest BCUT2D eigenvalue weighted by atomic mass is 31.2. The van der Waals surface area contributed by atoms with Crippen LogP contribution >= 0.6 is 7.60 Å². The van der Waals surface area contributed by atoms with Crippen LogP contribution in [0.3, 0.4) is 0 Å². The van der Waals surface area contributed by atoms with E-state index in [1.54, 1.807) is 19.9 Å². The van der Waals surface area contributed by atoms with Gasteiger partial charge in [0.05, 0.1) is 13.2 Å². The molecule has 0 saturated carbocycles. The van der Waals surface area contributed by atoms with E-state index in [1.165, 1.54) is 0 Å². The Morgan fingerprint density at radius 3 is 2.14 bits per heavy atom. The first kappa shape index (κ1) is 17.5. The van der Waals surface area contributed by atoms with Gasteiger partial charge in [-0.2, -0.15) is 5.26 Å². The summed E-state index contributed by atoms with van der Waals surface area (Å²) in [5, 5.41) is 9.28. The second-order valence-electron chi connectivity index (χ2n) is 4.46. The van der Waals surface area contributed by atoms with Crippen LogP contribution in [0.2, 0.25) is 0 Å². The zero-order valence-electron chi connectivity index (χ0n) is 12.9. The van der Waals surface area contributed by atoms with Crippen molar-refractivity contribution in [1.82, 2.24) is 0 Å². The minimum Gasteiger partial charge on any atom is -0.378 e. The van der Waals surface area contributed by atoms with Crippen molar-refractivity contribution in [3.63, 3.8) is 0 Å². The molecule has 0 bridgehead atoms. The quantitative estimate of drug-likeness (QED) is 0.565. The van der Waals surface area contributed by atoms with E-state index < -0.39 is 7.60 Å². The minimum absolute atomic E-state index is 0.0174. The number of anilines is 1. The summed E-state index contributed by atoms with van der Waals surface area (Å²) in [5.74, 6) is 0. The molecule has 1 aromatic carbocycles. The third kappa shape index (κ3) is 4.71. The van der Waals surface area contributed by atoms with Crippen LogP contribution in [0.5, 0.6) is 0 Å². The molecule has 1 aromatic rings. The standard InChI is InChI=1S/C15H21N2O3P/c1-5-19-21(18,20-6-2)15(12-16)11-13-7-9-14(10-8-13)17(3)4/h7-11H,5-6H2,1-4H3/b15-11+. The van der Waals surface area contributed by atoms with Crippen molar-refractivity contribution >= 4 is 19.4 Å². The summed E-state index contributed by atoms with van der Waals surface area (Å²) in [6.45, 7) is 3.87. The largest absolute Gasteiger partial charge is 0.378 e. The van der Waals surface area contributed by atoms with Crippen LogP contribution in [0.1, 0.15) is 19.4 Å². The maximum absolute atomic E-state index is 12.6. The Morgan fingerprint density at radius 1 is 1.24 bits per heavy atom. The van der Waals surface area contributed by atoms with Crippen molar-refractivity contribution in [3.05, 3.63) is 35.1 Å². The number of benzene rings is 1. The normalized spacial score (nSPS) is 12.0. The average Bonchev–Trinajstić information content (AvgIpc) is 2.45. The number of nitrogens with zero attached hydrogens (tertiary/aromatic N) is 2. The molecule has 0 N–H and O–H groups in total. The van der Waals surface area contributed by atoms with Gasteiger partial charge in [-0.1, -0.05) is 12.1 Å². The van der Waals surface area contributed by atoms with E-state index in [0.717, 1.165) is 11.3 Å². The Balaban J connectivity index is 3.13. The second-order valence-corrected chi connectivity index (χ2v) is 6.45. The maximum atomic E-state index is 12.6. The maximum Gasteiger partial charge on any atom is 0.371 e. The van der Waals surface area contributed by atoms with Gasteiger partial charge >= 0.3 is 7.60 Å². The Morgan fingerprint density at radius 2 is 1.76 bits per heavy atom. The monoisotopic (exact) mass is 308 g/mol. The van der Waals surface area contributed by atoms with Gasteiger partial charge in [0.2, 0.25) is 0 Å². The van der Waals surface area contributed by atoms with Crippen molar-refractivity contribution in [2.24, 2.45) is 0 Å². The minimum atomic E-state index is -3.54. The summed E-state index contributed by atoms with van der Waals surface area (Å²) in [6, 6.07) is 9.50. The highest BCUT2D eigenvalue weighted by Crippen LogP contribution is 2.56. The molecule has 0 aliphatic heterocycles. The van der Waals surface area contributed by atoms with Gasteiger partial charge < -0.3 is 13.9 Å². The molecule has 21 heavy (non-hydrogen) atoms. The molecule has 5 nitrogen and oxygen atoms in total. The van der Waals surface area contributed by atoms with Gasteiger partial charge in [0, 0.05) is 19.8 Å². The molecular weight excluding hydrogens is 287 g/mol. The van der Waals surface area contributed by atoms with E-state index in [9.17, 15) is 9.83 Å². The molecule has 0 heterocycles. The van der Waals surface area contributed by atoms with Crippen LogP contribution in [-0.4, -0.2) is 27.3 Å². The van der Waals surface area contributed by atoms with Gasteiger partial charge in [-0.05, 0) is 37.6 Å². The third-order valence-electron chi connectivity index (χ3n) is 2.72. The van der Waals surface area contributed by atoms with Gasteiger partial charge in [-0.15, -0.1) is 0 Å². The van der Waals surface area contributed by atoms with Crippen molar-refractivity contribution in [3.8, 4) is 6.07 Å². The predicted molar refractivity (Wildman–Crippen MR) is 85.2 cm³/mol. The van der Waals surface area contributed by atoms with E-state index in [1.807, 2.05) is 49.3 Å². The fourth-order valence-electron chi connectivity index (χ4n) is 1.72. The summed E-state index contributed by atoms with van der Waals surface area (Å²) >= 11 is 0. The molecule has 114 valence electrons. The second kappa shape index (κ2) is 7.99. The molecule has 6 heteroatoms. The van der Waals surface area contributed by atoms with Crippen LogP contribution in [0, 0.1) is 11.3 Å². The molecular formula is C15H21N2O3P. The van der Waals surface area contributed by atoms with Crippen LogP contribution in [0.25, 0.3) is 6.08 Å². The lowest BCUT2D eigenvalue weighted by molar-refractivity contribution is 0.227. The van der Waals surface area contributed by atoms with Crippen LogP contribution in [-0.2, 0) is 13.6 Å². The van der Waals surface area contributed by atoms with Gasteiger partial charge in [0.1, 0.15) is 11.4 Å². The average molecular weight is 308 g/mol. The van der Waals surface area contributed by atoms with Crippen molar-refractivity contribution < 1.29 is 13.6 Å². The first-order chi connectivity index (χ1) is 9.96. The fourth-order valence-corrected chi connectivity index (χ4v) is 3.18. The third-order valence-corrected chi connectivity index (χ3v) is 4.74. The molecule has 1 rings (SSSR count). The van der Waals surface area contributed by atoms with Crippen molar-refractivity contribution in [2.45, 2.75) is 13.8 Å². The lowest BCUT2D eigenvalue weighted by Crippen LogP contribution is -2.07. The molecule has 0 fully saturated rings.